The lowest BCUT2D eigenvalue weighted by atomic mass is 10.3. The molecule has 4 nitrogen and oxygen atoms in total. The van der Waals surface area contributed by atoms with Crippen molar-refractivity contribution in [3.63, 3.8) is 0 Å². The van der Waals surface area contributed by atoms with Crippen molar-refractivity contribution in [3.8, 4) is 0 Å². The summed E-state index contributed by atoms with van der Waals surface area (Å²) in [4.78, 5) is 12.3. The average Bonchev–Trinajstić information content (AvgIpc) is 2.14. The molecular formula is C10H14N4. The molecule has 1 rings (SSSR count). The Morgan fingerprint density at radius 1 is 1.43 bits per heavy atom. The normalized spacial score (nSPS) is 11.2. The van der Waals surface area contributed by atoms with Crippen molar-refractivity contribution in [3.05, 3.63) is 29.9 Å². The summed E-state index contributed by atoms with van der Waals surface area (Å²) in [6.07, 6.45) is 3.40. The Bertz CT molecular complexity index is 375. The number of rotatable bonds is 2. The predicted molar refractivity (Wildman–Crippen MR) is 58.1 cm³/mol. The van der Waals surface area contributed by atoms with Crippen LogP contribution >= 0.6 is 0 Å². The fourth-order valence-corrected chi connectivity index (χ4v) is 0.831. The number of hydrogen-bond acceptors (Lipinski definition) is 4. The zero-order chi connectivity index (χ0) is 10.6. The first-order valence-electron chi connectivity index (χ1n) is 4.36. The number of hydrogen-bond donors (Lipinski definition) is 1. The van der Waals surface area contributed by atoms with E-state index in [4.69, 9.17) is 5.73 Å². The lowest BCUT2D eigenvalue weighted by molar-refractivity contribution is 1.13. The third kappa shape index (κ3) is 2.97. The molecule has 0 aliphatic heterocycles. The van der Waals surface area contributed by atoms with Gasteiger partial charge in [-0.1, -0.05) is 5.57 Å². The van der Waals surface area contributed by atoms with E-state index >= 15 is 0 Å². The van der Waals surface area contributed by atoms with Gasteiger partial charge in [-0.25, -0.2) is 9.97 Å². The van der Waals surface area contributed by atoms with Gasteiger partial charge in [-0.3, -0.25) is 4.99 Å². The Morgan fingerprint density at radius 3 is 2.71 bits per heavy atom. The molecule has 4 heteroatoms. The molecule has 14 heavy (non-hydrogen) atoms. The summed E-state index contributed by atoms with van der Waals surface area (Å²) in [7, 11) is 0. The Kier molecular flexibility index (Phi) is 3.34. The van der Waals surface area contributed by atoms with E-state index in [0.29, 0.717) is 11.6 Å². The minimum Gasteiger partial charge on any atom is -0.384 e. The maximum atomic E-state index is 5.53. The maximum Gasteiger partial charge on any atom is 0.175 e. The van der Waals surface area contributed by atoms with Crippen LogP contribution in [-0.4, -0.2) is 15.7 Å². The average molecular weight is 190 g/mol. The monoisotopic (exact) mass is 190 g/mol. The third-order valence-electron chi connectivity index (χ3n) is 1.52. The van der Waals surface area contributed by atoms with Crippen LogP contribution in [0.1, 0.15) is 26.6 Å². The second-order valence-electron chi connectivity index (χ2n) is 3.23. The van der Waals surface area contributed by atoms with Crippen molar-refractivity contribution in [2.75, 3.05) is 5.73 Å². The standard InChI is InChI=1S/C10H14N4/c1-7(2)6-13-8(3)10-12-5-4-9(11)14-10/h4-6H,1-3H3,(H2,11,12,14)/b13-8+. The molecule has 0 amide bonds. The van der Waals surface area contributed by atoms with Gasteiger partial charge in [0.2, 0.25) is 0 Å². The summed E-state index contributed by atoms with van der Waals surface area (Å²) in [6, 6.07) is 1.65. The zero-order valence-electron chi connectivity index (χ0n) is 8.65. The van der Waals surface area contributed by atoms with Gasteiger partial charge in [0.15, 0.2) is 5.82 Å². The van der Waals surface area contributed by atoms with Crippen LogP contribution in [0.25, 0.3) is 0 Å². The Balaban J connectivity index is 2.95. The third-order valence-corrected chi connectivity index (χ3v) is 1.52. The lowest BCUT2D eigenvalue weighted by Gasteiger charge is -1.98. The summed E-state index contributed by atoms with van der Waals surface area (Å²) < 4.78 is 0. The number of nitrogens with zero attached hydrogens (tertiary/aromatic N) is 3. The second-order valence-corrected chi connectivity index (χ2v) is 3.23. The molecule has 0 radical (unpaired) electrons. The summed E-state index contributed by atoms with van der Waals surface area (Å²) in [5, 5.41) is 0. The molecular weight excluding hydrogens is 176 g/mol. The summed E-state index contributed by atoms with van der Waals surface area (Å²) in [5.41, 5.74) is 7.43. The minimum absolute atomic E-state index is 0.460. The van der Waals surface area contributed by atoms with Gasteiger partial charge in [0.05, 0.1) is 5.71 Å². The van der Waals surface area contributed by atoms with Gasteiger partial charge in [0.1, 0.15) is 5.82 Å². The van der Waals surface area contributed by atoms with Crippen molar-refractivity contribution >= 4 is 11.5 Å². The highest BCUT2D eigenvalue weighted by atomic mass is 15.0. The number of anilines is 1. The molecule has 2 N–H and O–H groups in total. The Morgan fingerprint density at radius 2 is 2.14 bits per heavy atom. The summed E-state index contributed by atoms with van der Waals surface area (Å²) >= 11 is 0. The van der Waals surface area contributed by atoms with Gasteiger partial charge < -0.3 is 5.73 Å². The van der Waals surface area contributed by atoms with Crippen LogP contribution in [0.3, 0.4) is 0 Å². The van der Waals surface area contributed by atoms with Crippen molar-refractivity contribution < 1.29 is 0 Å². The van der Waals surface area contributed by atoms with Gasteiger partial charge in [0.25, 0.3) is 0 Å². The van der Waals surface area contributed by atoms with Gasteiger partial charge in [-0.2, -0.15) is 0 Å². The SMILES string of the molecule is CC(C)=C/N=C(\C)c1nccc(N)n1. The number of nitrogens with two attached hydrogens (primary N) is 1. The quantitative estimate of drug-likeness (QED) is 0.723. The van der Waals surface area contributed by atoms with E-state index in [0.717, 1.165) is 11.3 Å². The zero-order valence-corrected chi connectivity index (χ0v) is 8.65. The summed E-state index contributed by atoms with van der Waals surface area (Å²) in [6.45, 7) is 5.82. The minimum atomic E-state index is 0.460. The molecule has 0 aromatic carbocycles. The van der Waals surface area contributed by atoms with Crippen LogP contribution in [0.5, 0.6) is 0 Å². The molecule has 74 valence electrons. The van der Waals surface area contributed by atoms with E-state index in [9.17, 15) is 0 Å². The molecule has 0 saturated carbocycles. The van der Waals surface area contributed by atoms with Crippen LogP contribution in [0.4, 0.5) is 5.82 Å². The summed E-state index contributed by atoms with van der Waals surface area (Å²) in [5.74, 6) is 1.03. The van der Waals surface area contributed by atoms with Gasteiger partial charge in [-0.05, 0) is 26.8 Å². The van der Waals surface area contributed by atoms with Gasteiger partial charge >= 0.3 is 0 Å². The molecule has 0 fully saturated rings. The highest BCUT2D eigenvalue weighted by Gasteiger charge is 1.99. The fraction of sp³-hybridized carbons (Fsp3) is 0.300. The van der Waals surface area contributed by atoms with Crippen LogP contribution in [0.2, 0.25) is 0 Å². The molecule has 1 heterocycles. The maximum absolute atomic E-state index is 5.53. The van der Waals surface area contributed by atoms with Crippen LogP contribution < -0.4 is 5.73 Å². The van der Waals surface area contributed by atoms with Crippen molar-refractivity contribution in [1.29, 1.82) is 0 Å². The molecule has 0 atom stereocenters. The van der Waals surface area contributed by atoms with E-state index < -0.39 is 0 Å². The van der Waals surface area contributed by atoms with E-state index in [1.807, 2.05) is 20.8 Å². The molecule has 0 aliphatic rings. The molecule has 0 bridgehead atoms. The van der Waals surface area contributed by atoms with Gasteiger partial charge in [-0.15, -0.1) is 0 Å². The lowest BCUT2D eigenvalue weighted by Crippen LogP contribution is -2.03. The van der Waals surface area contributed by atoms with Gasteiger partial charge in [0, 0.05) is 12.4 Å². The Labute approximate surface area is 83.6 Å². The first-order chi connectivity index (χ1) is 6.59. The number of allylic oxidation sites excluding steroid dienone is 1. The highest BCUT2D eigenvalue weighted by Crippen LogP contribution is 1.99. The van der Waals surface area contributed by atoms with Crippen LogP contribution in [0, 0.1) is 0 Å². The first-order valence-corrected chi connectivity index (χ1v) is 4.36. The second kappa shape index (κ2) is 4.50. The van der Waals surface area contributed by atoms with Crippen LogP contribution in [-0.2, 0) is 0 Å². The van der Waals surface area contributed by atoms with Crippen molar-refractivity contribution in [1.82, 2.24) is 9.97 Å². The molecule has 1 aromatic heterocycles. The number of aliphatic imine (C=N–C) groups is 1. The van der Waals surface area contributed by atoms with E-state index in [1.54, 1.807) is 18.5 Å². The molecule has 0 unspecified atom stereocenters. The molecule has 0 saturated heterocycles. The number of aromatic nitrogens is 2. The largest absolute Gasteiger partial charge is 0.384 e. The molecule has 0 aliphatic carbocycles. The predicted octanol–water partition coefficient (Wildman–Crippen LogP) is 1.79. The topological polar surface area (TPSA) is 64.2 Å². The fourth-order valence-electron chi connectivity index (χ4n) is 0.831. The smallest absolute Gasteiger partial charge is 0.175 e. The van der Waals surface area contributed by atoms with E-state index in [1.165, 1.54) is 0 Å². The number of nitrogen functional groups attached to an aromatic ring is 1. The molecule has 0 spiro atoms. The van der Waals surface area contributed by atoms with Crippen molar-refractivity contribution in [2.24, 2.45) is 4.99 Å². The highest BCUT2D eigenvalue weighted by molar-refractivity contribution is 5.95. The van der Waals surface area contributed by atoms with E-state index in [2.05, 4.69) is 15.0 Å². The van der Waals surface area contributed by atoms with Crippen molar-refractivity contribution in [2.45, 2.75) is 20.8 Å². The Hall–Kier alpha value is -1.71. The van der Waals surface area contributed by atoms with Crippen LogP contribution in [0.15, 0.2) is 29.0 Å². The molecule has 1 aromatic rings. The van der Waals surface area contributed by atoms with E-state index in [-0.39, 0.29) is 0 Å². The first kappa shape index (κ1) is 10.4.